The van der Waals surface area contributed by atoms with Crippen LogP contribution >= 0.6 is 0 Å². The quantitative estimate of drug-likeness (QED) is 0.187. The minimum atomic E-state index is -0.563. The van der Waals surface area contributed by atoms with Crippen molar-refractivity contribution in [1.29, 1.82) is 0 Å². The molecule has 3 aromatic carbocycles. The molecule has 0 fully saturated rings. The summed E-state index contributed by atoms with van der Waals surface area (Å²) in [5.41, 5.74) is 5.38. The number of fused-ring (bicyclic) bond motifs is 1. The molecular weight excluding hydrogens is 528 g/mol. The number of hydrogen-bond acceptors (Lipinski definition) is 7. The summed E-state index contributed by atoms with van der Waals surface area (Å²) in [4.78, 5) is 19.1. The summed E-state index contributed by atoms with van der Waals surface area (Å²) >= 11 is 0. The third-order valence-electron chi connectivity index (χ3n) is 7.35. The number of carbonyl (C=O) groups is 1. The molecule has 214 valence electrons. The van der Waals surface area contributed by atoms with Crippen LogP contribution in [-0.2, 0) is 17.8 Å². The van der Waals surface area contributed by atoms with Crippen molar-refractivity contribution in [1.82, 2.24) is 9.88 Å². The number of rotatable bonds is 9. The van der Waals surface area contributed by atoms with Crippen LogP contribution in [0, 0.1) is 11.8 Å². The Morgan fingerprint density at radius 1 is 0.952 bits per heavy atom. The van der Waals surface area contributed by atoms with Gasteiger partial charge in [-0.15, -0.1) is 0 Å². The number of carbonyl (C=O) groups excluding carboxylic acids is 1. The van der Waals surface area contributed by atoms with E-state index in [9.17, 15) is 4.79 Å². The van der Waals surface area contributed by atoms with E-state index in [1.807, 2.05) is 36.4 Å². The van der Waals surface area contributed by atoms with Crippen molar-refractivity contribution in [3.8, 4) is 29.1 Å². The van der Waals surface area contributed by atoms with Crippen molar-refractivity contribution in [3.63, 3.8) is 0 Å². The summed E-state index contributed by atoms with van der Waals surface area (Å²) in [5, 5.41) is 0. The SMILES string of the molecule is COC(=O)c1nccc(C#CCCN2CCc3cc(OC)c(OC)cc3C2c2ccccc2)c1OCc1ccccc1. The average Bonchev–Trinajstić information content (AvgIpc) is 3.05. The first-order valence-corrected chi connectivity index (χ1v) is 13.9. The molecule has 4 aromatic rings. The Labute approximate surface area is 247 Å². The van der Waals surface area contributed by atoms with E-state index >= 15 is 0 Å². The van der Waals surface area contributed by atoms with Gasteiger partial charge in [-0.2, -0.15) is 0 Å². The van der Waals surface area contributed by atoms with Gasteiger partial charge in [0.1, 0.15) is 6.61 Å². The molecule has 0 N–H and O–H groups in total. The first-order valence-electron chi connectivity index (χ1n) is 13.9. The molecule has 7 heteroatoms. The van der Waals surface area contributed by atoms with Gasteiger partial charge < -0.3 is 18.9 Å². The number of pyridine rings is 1. The van der Waals surface area contributed by atoms with Gasteiger partial charge in [0.2, 0.25) is 0 Å². The molecule has 7 nitrogen and oxygen atoms in total. The van der Waals surface area contributed by atoms with Crippen molar-refractivity contribution >= 4 is 5.97 Å². The third kappa shape index (κ3) is 6.40. The molecule has 0 spiro atoms. The number of methoxy groups -OCH3 is 3. The molecule has 0 bridgehead atoms. The number of ether oxygens (including phenoxy) is 4. The second-order valence-electron chi connectivity index (χ2n) is 9.86. The molecule has 0 saturated carbocycles. The molecule has 2 heterocycles. The van der Waals surface area contributed by atoms with Gasteiger partial charge in [0, 0.05) is 25.7 Å². The summed E-state index contributed by atoms with van der Waals surface area (Å²) in [6.45, 7) is 1.93. The van der Waals surface area contributed by atoms with E-state index in [-0.39, 0.29) is 18.3 Å². The highest BCUT2D eigenvalue weighted by molar-refractivity contribution is 5.91. The fourth-order valence-electron chi connectivity index (χ4n) is 5.29. The Kier molecular flexibility index (Phi) is 9.37. The van der Waals surface area contributed by atoms with Crippen LogP contribution in [0.5, 0.6) is 17.2 Å². The minimum Gasteiger partial charge on any atom is -0.493 e. The summed E-state index contributed by atoms with van der Waals surface area (Å²) in [6.07, 6.45) is 3.08. The summed E-state index contributed by atoms with van der Waals surface area (Å²) in [6, 6.07) is 26.3. The lowest BCUT2D eigenvalue weighted by molar-refractivity contribution is 0.0588. The minimum absolute atomic E-state index is 0.0631. The predicted molar refractivity (Wildman–Crippen MR) is 161 cm³/mol. The van der Waals surface area contributed by atoms with Crippen molar-refractivity contribution in [3.05, 3.63) is 119 Å². The van der Waals surface area contributed by atoms with Crippen LogP contribution in [0.4, 0.5) is 0 Å². The largest absolute Gasteiger partial charge is 0.493 e. The Morgan fingerprint density at radius 3 is 2.38 bits per heavy atom. The molecule has 0 saturated heterocycles. The van der Waals surface area contributed by atoms with Crippen molar-refractivity contribution in [2.24, 2.45) is 0 Å². The van der Waals surface area contributed by atoms with Gasteiger partial charge in [-0.25, -0.2) is 9.78 Å². The summed E-state index contributed by atoms with van der Waals surface area (Å²) < 4.78 is 22.3. The van der Waals surface area contributed by atoms with E-state index in [2.05, 4.69) is 58.1 Å². The van der Waals surface area contributed by atoms with E-state index in [0.717, 1.165) is 36.6 Å². The standard InChI is InChI=1S/C35H34N2O5/c1-39-30-22-28-18-21-37(33(26-14-8-5-9-15-26)29(28)23-31(30)40-2)20-11-10-16-27-17-19-36-32(35(38)41-3)34(27)42-24-25-12-6-4-7-13-25/h4-9,12-15,17,19,22-23,33H,11,18,20-21,24H2,1-3H3. The van der Waals surface area contributed by atoms with Gasteiger partial charge in [0.05, 0.1) is 32.9 Å². The molecule has 1 aliphatic rings. The van der Waals surface area contributed by atoms with E-state index in [1.165, 1.54) is 23.8 Å². The molecule has 0 aliphatic carbocycles. The molecule has 1 aromatic heterocycles. The van der Waals surface area contributed by atoms with Gasteiger partial charge in [-0.05, 0) is 46.9 Å². The van der Waals surface area contributed by atoms with Crippen LogP contribution in [0.3, 0.4) is 0 Å². The van der Waals surface area contributed by atoms with Crippen molar-refractivity contribution < 1.29 is 23.7 Å². The Balaban J connectivity index is 1.39. The molecule has 42 heavy (non-hydrogen) atoms. The van der Waals surface area contributed by atoms with Crippen LogP contribution in [0.1, 0.15) is 50.8 Å². The van der Waals surface area contributed by atoms with E-state index in [0.29, 0.717) is 17.7 Å². The molecule has 0 radical (unpaired) electrons. The lowest BCUT2D eigenvalue weighted by atomic mass is 9.87. The second-order valence-corrected chi connectivity index (χ2v) is 9.86. The predicted octanol–water partition coefficient (Wildman–Crippen LogP) is 5.85. The number of hydrogen-bond donors (Lipinski definition) is 0. The average molecular weight is 563 g/mol. The first kappa shape index (κ1) is 28.7. The lowest BCUT2D eigenvalue weighted by Crippen LogP contribution is -2.36. The maximum atomic E-state index is 12.5. The highest BCUT2D eigenvalue weighted by Crippen LogP contribution is 2.41. The molecule has 1 aliphatic heterocycles. The van der Waals surface area contributed by atoms with Crippen molar-refractivity contribution in [2.45, 2.75) is 25.5 Å². The Morgan fingerprint density at radius 2 is 1.67 bits per heavy atom. The maximum Gasteiger partial charge on any atom is 0.360 e. The normalized spacial score (nSPS) is 14.2. The number of nitrogens with zero attached hydrogens (tertiary/aromatic N) is 2. The maximum absolute atomic E-state index is 12.5. The van der Waals surface area contributed by atoms with Crippen LogP contribution in [-0.4, -0.2) is 50.3 Å². The van der Waals surface area contributed by atoms with E-state index in [1.54, 1.807) is 26.5 Å². The topological polar surface area (TPSA) is 70.1 Å². The van der Waals surface area contributed by atoms with Crippen LogP contribution in [0.25, 0.3) is 0 Å². The fraction of sp³-hybridized carbons (Fsp3) is 0.257. The van der Waals surface area contributed by atoms with Crippen LogP contribution < -0.4 is 14.2 Å². The highest BCUT2D eigenvalue weighted by Gasteiger charge is 2.30. The molecule has 0 amide bonds. The smallest absolute Gasteiger partial charge is 0.360 e. The molecular formula is C35H34N2O5. The van der Waals surface area contributed by atoms with Gasteiger partial charge in [0.25, 0.3) is 0 Å². The van der Waals surface area contributed by atoms with Crippen LogP contribution in [0.15, 0.2) is 85.1 Å². The van der Waals surface area contributed by atoms with Gasteiger partial charge >= 0.3 is 5.97 Å². The van der Waals surface area contributed by atoms with Gasteiger partial charge in [-0.1, -0.05) is 72.5 Å². The Hall–Kier alpha value is -4.80. The lowest BCUT2D eigenvalue weighted by Gasteiger charge is -2.38. The van der Waals surface area contributed by atoms with Gasteiger partial charge in [0.15, 0.2) is 22.9 Å². The monoisotopic (exact) mass is 562 g/mol. The van der Waals surface area contributed by atoms with E-state index in [4.69, 9.17) is 18.9 Å². The zero-order valence-corrected chi connectivity index (χ0v) is 24.1. The zero-order valence-electron chi connectivity index (χ0n) is 24.1. The van der Waals surface area contributed by atoms with E-state index < -0.39 is 5.97 Å². The second kappa shape index (κ2) is 13.7. The molecule has 1 atom stereocenters. The third-order valence-corrected chi connectivity index (χ3v) is 7.35. The number of benzene rings is 3. The summed E-state index contributed by atoms with van der Waals surface area (Å²) in [5.74, 6) is 7.78. The fourth-order valence-corrected chi connectivity index (χ4v) is 5.29. The van der Waals surface area contributed by atoms with Crippen LogP contribution in [0.2, 0.25) is 0 Å². The highest BCUT2D eigenvalue weighted by atomic mass is 16.5. The summed E-state index contributed by atoms with van der Waals surface area (Å²) in [7, 11) is 4.66. The zero-order chi connectivity index (χ0) is 29.3. The molecule has 1 unspecified atom stereocenters. The number of esters is 1. The number of aromatic nitrogens is 1. The first-order chi connectivity index (χ1) is 20.6. The van der Waals surface area contributed by atoms with Gasteiger partial charge in [-0.3, -0.25) is 4.90 Å². The van der Waals surface area contributed by atoms with Crippen molar-refractivity contribution in [2.75, 3.05) is 34.4 Å². The Bertz CT molecular complexity index is 1580. The molecule has 5 rings (SSSR count).